The quantitative estimate of drug-likeness (QED) is 0.897. The summed E-state index contributed by atoms with van der Waals surface area (Å²) in [5.41, 5.74) is -0.833. The largest absolute Gasteiger partial charge is 0.394 e. The predicted molar refractivity (Wildman–Crippen MR) is 84.6 cm³/mol. The molecule has 0 amide bonds. The molecule has 1 heterocycles. The summed E-state index contributed by atoms with van der Waals surface area (Å²) in [5, 5.41) is 13.1. The third-order valence-corrected chi connectivity index (χ3v) is 4.34. The molecule has 2 N–H and O–H groups in total. The maximum atomic E-state index is 12.6. The van der Waals surface area contributed by atoms with Gasteiger partial charge < -0.3 is 15.0 Å². The molecule has 1 saturated carbocycles. The number of nitrogens with zero attached hydrogens (tertiary/aromatic N) is 2. The molecule has 2 unspecified atom stereocenters. The van der Waals surface area contributed by atoms with Crippen LogP contribution in [0.4, 0.5) is 5.82 Å². The third kappa shape index (κ3) is 3.46. The Morgan fingerprint density at radius 2 is 2.24 bits per heavy atom. The van der Waals surface area contributed by atoms with E-state index in [1.807, 2.05) is 20.8 Å². The normalized spacial score (nSPS) is 26.6. The molecule has 0 aliphatic heterocycles. The smallest absolute Gasteiger partial charge is 0.293 e. The number of aliphatic hydroxyl groups is 1. The predicted octanol–water partition coefficient (Wildman–Crippen LogP) is 2.35. The van der Waals surface area contributed by atoms with Gasteiger partial charge in [0.05, 0.1) is 12.1 Å². The molecule has 0 aromatic carbocycles. The van der Waals surface area contributed by atoms with Crippen LogP contribution < -0.4 is 10.9 Å². The van der Waals surface area contributed by atoms with Gasteiger partial charge in [0.1, 0.15) is 0 Å². The second-order valence-corrected chi connectivity index (χ2v) is 7.39. The summed E-state index contributed by atoms with van der Waals surface area (Å²) in [4.78, 5) is 16.8. The first-order chi connectivity index (χ1) is 9.77. The molecule has 1 fully saturated rings. The van der Waals surface area contributed by atoms with Crippen molar-refractivity contribution in [2.75, 3.05) is 11.9 Å². The van der Waals surface area contributed by atoms with Gasteiger partial charge in [-0.25, -0.2) is 4.98 Å². The average Bonchev–Trinajstić information content (AvgIpc) is 2.40. The fraction of sp³-hybridized carbons (Fsp3) is 0.750. The average molecular weight is 293 g/mol. The highest BCUT2D eigenvalue weighted by Gasteiger charge is 2.35. The Morgan fingerprint density at radius 3 is 2.81 bits per heavy atom. The van der Waals surface area contributed by atoms with Gasteiger partial charge in [-0.1, -0.05) is 19.8 Å². The minimum absolute atomic E-state index is 0.0306. The van der Waals surface area contributed by atoms with Gasteiger partial charge >= 0.3 is 0 Å². The number of anilines is 1. The molecule has 0 bridgehead atoms. The first-order valence-corrected chi connectivity index (χ1v) is 7.75. The van der Waals surface area contributed by atoms with Crippen molar-refractivity contribution in [2.45, 2.75) is 64.5 Å². The van der Waals surface area contributed by atoms with E-state index in [0.717, 1.165) is 19.3 Å². The van der Waals surface area contributed by atoms with E-state index in [1.54, 1.807) is 17.0 Å². The molecule has 2 rings (SSSR count). The highest BCUT2D eigenvalue weighted by Crippen LogP contribution is 2.33. The minimum atomic E-state index is -0.416. The topological polar surface area (TPSA) is 67.2 Å². The van der Waals surface area contributed by atoms with E-state index in [9.17, 15) is 9.90 Å². The van der Waals surface area contributed by atoms with E-state index in [2.05, 4.69) is 17.2 Å². The molecule has 0 spiro atoms. The van der Waals surface area contributed by atoms with Gasteiger partial charge in [-0.3, -0.25) is 4.79 Å². The van der Waals surface area contributed by atoms with E-state index in [0.29, 0.717) is 11.7 Å². The molecule has 0 saturated heterocycles. The maximum Gasteiger partial charge on any atom is 0.293 e. The molecule has 2 atom stereocenters. The van der Waals surface area contributed by atoms with Gasteiger partial charge in [0.2, 0.25) is 0 Å². The van der Waals surface area contributed by atoms with Crippen LogP contribution >= 0.6 is 0 Å². The summed E-state index contributed by atoms with van der Waals surface area (Å²) in [6.45, 7) is 8.19. The summed E-state index contributed by atoms with van der Waals surface area (Å²) >= 11 is 0. The van der Waals surface area contributed by atoms with Gasteiger partial charge in [-0.05, 0) is 39.5 Å². The fourth-order valence-corrected chi connectivity index (χ4v) is 3.23. The standard InChI is InChI=1S/C16H27N3O2/c1-12-6-5-7-16(10-12,11-20)18-13-14(21)19(9-8-17-13)15(2,3)4/h8-9,12,20H,5-7,10-11H2,1-4H3,(H,17,18). The Kier molecular flexibility index (Phi) is 4.42. The van der Waals surface area contributed by atoms with E-state index in [4.69, 9.17) is 0 Å². The third-order valence-electron chi connectivity index (χ3n) is 4.34. The molecular formula is C16H27N3O2. The van der Waals surface area contributed by atoms with E-state index >= 15 is 0 Å². The van der Waals surface area contributed by atoms with Crippen molar-refractivity contribution in [3.8, 4) is 0 Å². The molecule has 1 aromatic rings. The number of aromatic nitrogens is 2. The summed E-state index contributed by atoms with van der Waals surface area (Å²) in [7, 11) is 0. The highest BCUT2D eigenvalue weighted by molar-refractivity contribution is 5.36. The van der Waals surface area contributed by atoms with Crippen LogP contribution in [0.5, 0.6) is 0 Å². The number of aliphatic hydroxyl groups excluding tert-OH is 1. The van der Waals surface area contributed by atoms with E-state index in [-0.39, 0.29) is 17.7 Å². The molecule has 1 aliphatic rings. The van der Waals surface area contributed by atoms with Crippen LogP contribution in [-0.4, -0.2) is 26.8 Å². The van der Waals surface area contributed by atoms with Crippen molar-refractivity contribution in [1.82, 2.24) is 9.55 Å². The van der Waals surface area contributed by atoms with Crippen LogP contribution in [0.3, 0.4) is 0 Å². The maximum absolute atomic E-state index is 12.6. The van der Waals surface area contributed by atoms with Crippen LogP contribution in [0.15, 0.2) is 17.2 Å². The van der Waals surface area contributed by atoms with Gasteiger partial charge in [0, 0.05) is 17.9 Å². The first kappa shape index (κ1) is 16.0. The molecule has 5 nitrogen and oxygen atoms in total. The molecular weight excluding hydrogens is 266 g/mol. The van der Waals surface area contributed by atoms with Crippen molar-refractivity contribution in [1.29, 1.82) is 0 Å². The van der Waals surface area contributed by atoms with Crippen molar-refractivity contribution in [2.24, 2.45) is 5.92 Å². The zero-order valence-electron chi connectivity index (χ0n) is 13.5. The van der Waals surface area contributed by atoms with Gasteiger partial charge in [-0.15, -0.1) is 0 Å². The van der Waals surface area contributed by atoms with E-state index < -0.39 is 5.54 Å². The minimum Gasteiger partial charge on any atom is -0.394 e. The monoisotopic (exact) mass is 293 g/mol. The Hall–Kier alpha value is -1.36. The van der Waals surface area contributed by atoms with Crippen LogP contribution in [0, 0.1) is 5.92 Å². The highest BCUT2D eigenvalue weighted by atomic mass is 16.3. The number of hydrogen-bond acceptors (Lipinski definition) is 4. The lowest BCUT2D eigenvalue weighted by Gasteiger charge is -2.39. The number of rotatable bonds is 3. The zero-order chi connectivity index (χ0) is 15.7. The van der Waals surface area contributed by atoms with Crippen molar-refractivity contribution in [3.05, 3.63) is 22.7 Å². The molecule has 1 aromatic heterocycles. The second-order valence-electron chi connectivity index (χ2n) is 7.39. The molecule has 1 aliphatic carbocycles. The van der Waals surface area contributed by atoms with Crippen molar-refractivity contribution in [3.63, 3.8) is 0 Å². The number of nitrogens with one attached hydrogen (secondary N) is 1. The van der Waals surface area contributed by atoms with Crippen LogP contribution in [-0.2, 0) is 5.54 Å². The SMILES string of the molecule is CC1CCCC(CO)(Nc2nccn(C(C)(C)C)c2=O)C1. The van der Waals surface area contributed by atoms with Crippen molar-refractivity contribution >= 4 is 5.82 Å². The fourth-order valence-electron chi connectivity index (χ4n) is 3.23. The lowest BCUT2D eigenvalue weighted by atomic mass is 9.77. The molecule has 0 radical (unpaired) electrons. The Labute approximate surface area is 126 Å². The lowest BCUT2D eigenvalue weighted by molar-refractivity contribution is 0.149. The van der Waals surface area contributed by atoms with Crippen LogP contribution in [0.25, 0.3) is 0 Å². The summed E-state index contributed by atoms with van der Waals surface area (Å²) in [6, 6.07) is 0. The summed E-state index contributed by atoms with van der Waals surface area (Å²) in [5.74, 6) is 0.891. The molecule has 21 heavy (non-hydrogen) atoms. The summed E-state index contributed by atoms with van der Waals surface area (Å²) in [6.07, 6.45) is 7.34. The zero-order valence-corrected chi connectivity index (χ0v) is 13.5. The Morgan fingerprint density at radius 1 is 1.52 bits per heavy atom. The first-order valence-electron chi connectivity index (χ1n) is 7.75. The van der Waals surface area contributed by atoms with E-state index in [1.165, 1.54) is 6.42 Å². The van der Waals surface area contributed by atoms with Gasteiger partial charge in [0.25, 0.3) is 5.56 Å². The Bertz CT molecular complexity index is 547. The second kappa shape index (κ2) is 5.79. The molecule has 118 valence electrons. The number of hydrogen-bond donors (Lipinski definition) is 2. The van der Waals surface area contributed by atoms with Crippen LogP contribution in [0.2, 0.25) is 0 Å². The van der Waals surface area contributed by atoms with Gasteiger partial charge in [0.15, 0.2) is 5.82 Å². The van der Waals surface area contributed by atoms with Gasteiger partial charge in [-0.2, -0.15) is 0 Å². The summed E-state index contributed by atoms with van der Waals surface area (Å²) < 4.78 is 1.68. The lowest BCUT2D eigenvalue weighted by Crippen LogP contribution is -2.48. The molecule has 5 heteroatoms. The Balaban J connectivity index is 2.33. The van der Waals surface area contributed by atoms with Crippen LogP contribution in [0.1, 0.15) is 53.4 Å². The van der Waals surface area contributed by atoms with Crippen molar-refractivity contribution < 1.29 is 5.11 Å².